The number of halogens is 2. The molecular formula is C14H17ClFN3. The predicted octanol–water partition coefficient (Wildman–Crippen LogP) is 3.23. The first-order valence-corrected chi connectivity index (χ1v) is 6.68. The maximum Gasteiger partial charge on any atom is 0.146 e. The van der Waals surface area contributed by atoms with Gasteiger partial charge in [0.15, 0.2) is 0 Å². The lowest BCUT2D eigenvalue weighted by atomic mass is 10.1. The zero-order valence-corrected chi connectivity index (χ0v) is 11.6. The second kappa shape index (κ2) is 6.68. The summed E-state index contributed by atoms with van der Waals surface area (Å²) in [5.74, 6) is -0.331. The van der Waals surface area contributed by atoms with Crippen LogP contribution in [0.15, 0.2) is 24.4 Å². The number of aromatic nitrogens is 2. The molecule has 2 aromatic rings. The lowest BCUT2D eigenvalue weighted by Crippen LogP contribution is -2.16. The van der Waals surface area contributed by atoms with Gasteiger partial charge in [-0.1, -0.05) is 23.7 Å². The summed E-state index contributed by atoms with van der Waals surface area (Å²) < 4.78 is 13.6. The van der Waals surface area contributed by atoms with Crippen molar-refractivity contribution < 1.29 is 4.39 Å². The first-order chi connectivity index (χ1) is 9.18. The van der Waals surface area contributed by atoms with Gasteiger partial charge in [0, 0.05) is 17.8 Å². The number of hydrogen-bond acceptors (Lipinski definition) is 2. The van der Waals surface area contributed by atoms with E-state index in [1.54, 1.807) is 18.2 Å². The highest BCUT2D eigenvalue weighted by molar-refractivity contribution is 6.30. The average molecular weight is 282 g/mol. The second-order valence-electron chi connectivity index (χ2n) is 4.51. The molecule has 0 saturated carbocycles. The topological polar surface area (TPSA) is 40.7 Å². The molecule has 1 heterocycles. The molecule has 0 bridgehead atoms. The van der Waals surface area contributed by atoms with Crippen LogP contribution in [0.5, 0.6) is 0 Å². The summed E-state index contributed by atoms with van der Waals surface area (Å²) in [4.78, 5) is 0. The van der Waals surface area contributed by atoms with Crippen molar-refractivity contribution in [1.82, 2.24) is 15.5 Å². The van der Waals surface area contributed by atoms with Crippen molar-refractivity contribution in [2.75, 3.05) is 6.54 Å². The van der Waals surface area contributed by atoms with Crippen molar-refractivity contribution in [2.45, 2.75) is 26.3 Å². The van der Waals surface area contributed by atoms with Crippen molar-refractivity contribution in [2.24, 2.45) is 0 Å². The van der Waals surface area contributed by atoms with Gasteiger partial charge in [0.1, 0.15) is 5.82 Å². The first-order valence-electron chi connectivity index (χ1n) is 6.31. The van der Waals surface area contributed by atoms with E-state index in [2.05, 4.69) is 15.5 Å². The number of rotatable bonds is 6. The number of benzene rings is 1. The molecule has 0 aliphatic rings. The monoisotopic (exact) mass is 281 g/mol. The minimum atomic E-state index is -0.331. The molecule has 0 atom stereocenters. The van der Waals surface area contributed by atoms with E-state index < -0.39 is 0 Å². The molecule has 2 N–H and O–H groups in total. The molecule has 0 fully saturated rings. The quantitative estimate of drug-likeness (QED) is 0.798. The van der Waals surface area contributed by atoms with Crippen LogP contribution in [-0.2, 0) is 13.0 Å². The third kappa shape index (κ3) is 3.78. The van der Waals surface area contributed by atoms with Crippen LogP contribution in [-0.4, -0.2) is 16.7 Å². The molecule has 102 valence electrons. The maximum absolute atomic E-state index is 13.6. The van der Waals surface area contributed by atoms with Gasteiger partial charge in [0.05, 0.1) is 11.2 Å². The number of aromatic amines is 1. The summed E-state index contributed by atoms with van der Waals surface area (Å²) in [6, 6.07) is 5.06. The van der Waals surface area contributed by atoms with Gasteiger partial charge >= 0.3 is 0 Å². The highest BCUT2D eigenvalue weighted by atomic mass is 35.5. The molecular weight excluding hydrogens is 265 g/mol. The minimum Gasteiger partial charge on any atom is -0.313 e. The molecule has 0 spiro atoms. The van der Waals surface area contributed by atoms with Crippen LogP contribution in [0.25, 0.3) is 0 Å². The minimum absolute atomic E-state index is 0.174. The molecule has 1 aromatic heterocycles. The van der Waals surface area contributed by atoms with E-state index in [0.29, 0.717) is 12.1 Å². The summed E-state index contributed by atoms with van der Waals surface area (Å²) in [7, 11) is 0. The summed E-state index contributed by atoms with van der Waals surface area (Å²) in [5, 5.41) is 10.3. The normalized spacial score (nSPS) is 10.9. The summed E-state index contributed by atoms with van der Waals surface area (Å²) in [5.41, 5.74) is 2.95. The van der Waals surface area contributed by atoms with E-state index >= 15 is 0 Å². The Morgan fingerprint density at radius 1 is 1.37 bits per heavy atom. The largest absolute Gasteiger partial charge is 0.313 e. The fourth-order valence-electron chi connectivity index (χ4n) is 1.94. The van der Waals surface area contributed by atoms with Gasteiger partial charge in [-0.3, -0.25) is 5.10 Å². The third-order valence-corrected chi connectivity index (χ3v) is 3.37. The van der Waals surface area contributed by atoms with Crippen LogP contribution in [0.3, 0.4) is 0 Å². The highest BCUT2D eigenvalue weighted by Gasteiger charge is 2.05. The number of nitrogens with zero attached hydrogens (tertiary/aromatic N) is 1. The molecule has 3 nitrogen and oxygen atoms in total. The van der Waals surface area contributed by atoms with E-state index in [-0.39, 0.29) is 10.8 Å². The molecule has 2 rings (SSSR count). The average Bonchev–Trinajstić information content (AvgIpc) is 2.80. The Labute approximate surface area is 117 Å². The zero-order valence-electron chi connectivity index (χ0n) is 10.8. The third-order valence-electron chi connectivity index (χ3n) is 3.08. The van der Waals surface area contributed by atoms with Crippen molar-refractivity contribution in [3.63, 3.8) is 0 Å². The first kappa shape index (κ1) is 14.0. The molecule has 1 aromatic carbocycles. The van der Waals surface area contributed by atoms with Gasteiger partial charge in [-0.15, -0.1) is 0 Å². The Bertz CT molecular complexity index is 539. The Hall–Kier alpha value is -1.39. The molecule has 0 radical (unpaired) electrons. The van der Waals surface area contributed by atoms with Crippen LogP contribution in [0.4, 0.5) is 4.39 Å². The van der Waals surface area contributed by atoms with E-state index in [9.17, 15) is 4.39 Å². The van der Waals surface area contributed by atoms with E-state index in [4.69, 9.17) is 11.6 Å². The molecule has 5 heteroatoms. The fraction of sp³-hybridized carbons (Fsp3) is 0.357. The second-order valence-corrected chi connectivity index (χ2v) is 4.92. The zero-order chi connectivity index (χ0) is 13.7. The molecule has 0 saturated heterocycles. The summed E-state index contributed by atoms with van der Waals surface area (Å²) in [6.07, 6.45) is 3.81. The van der Waals surface area contributed by atoms with E-state index in [1.807, 2.05) is 13.1 Å². The Morgan fingerprint density at radius 3 is 2.95 bits per heavy atom. The predicted molar refractivity (Wildman–Crippen MR) is 74.8 cm³/mol. The van der Waals surface area contributed by atoms with Crippen LogP contribution in [0.1, 0.15) is 23.2 Å². The van der Waals surface area contributed by atoms with Crippen LogP contribution in [0.2, 0.25) is 5.02 Å². The standard InChI is InChI=1S/C14H17ClFN3/c1-10-11(9-18-19-10)5-3-7-17-8-12-4-2-6-13(15)14(12)16/h2,4,6,9,17H,3,5,7-8H2,1H3,(H,18,19). The van der Waals surface area contributed by atoms with Crippen molar-refractivity contribution in [3.8, 4) is 0 Å². The maximum atomic E-state index is 13.6. The molecule has 19 heavy (non-hydrogen) atoms. The number of nitrogens with one attached hydrogen (secondary N) is 2. The lowest BCUT2D eigenvalue weighted by molar-refractivity contribution is 0.582. The van der Waals surface area contributed by atoms with Crippen LogP contribution < -0.4 is 5.32 Å². The van der Waals surface area contributed by atoms with Gasteiger partial charge in [0.25, 0.3) is 0 Å². The van der Waals surface area contributed by atoms with Gasteiger partial charge in [0.2, 0.25) is 0 Å². The SMILES string of the molecule is Cc1[nH]ncc1CCCNCc1cccc(Cl)c1F. The van der Waals surface area contributed by atoms with Crippen molar-refractivity contribution in [1.29, 1.82) is 0 Å². The molecule has 0 amide bonds. The highest BCUT2D eigenvalue weighted by Crippen LogP contribution is 2.17. The van der Waals surface area contributed by atoms with E-state index in [0.717, 1.165) is 25.1 Å². The van der Waals surface area contributed by atoms with Gasteiger partial charge in [-0.05, 0) is 37.9 Å². The van der Waals surface area contributed by atoms with Gasteiger partial charge in [-0.25, -0.2) is 4.39 Å². The smallest absolute Gasteiger partial charge is 0.146 e. The number of H-pyrrole nitrogens is 1. The van der Waals surface area contributed by atoms with Gasteiger partial charge in [-0.2, -0.15) is 5.10 Å². The van der Waals surface area contributed by atoms with E-state index in [1.165, 1.54) is 5.56 Å². The lowest BCUT2D eigenvalue weighted by Gasteiger charge is -2.06. The fourth-order valence-corrected chi connectivity index (χ4v) is 2.13. The number of hydrogen-bond donors (Lipinski definition) is 2. The van der Waals surface area contributed by atoms with Gasteiger partial charge < -0.3 is 5.32 Å². The Balaban J connectivity index is 1.72. The number of aryl methyl sites for hydroxylation is 2. The summed E-state index contributed by atoms with van der Waals surface area (Å²) >= 11 is 5.73. The molecule has 0 aliphatic carbocycles. The van der Waals surface area contributed by atoms with Crippen molar-refractivity contribution in [3.05, 3.63) is 52.1 Å². The molecule has 0 unspecified atom stereocenters. The van der Waals surface area contributed by atoms with Crippen molar-refractivity contribution >= 4 is 11.6 Å². The Kier molecular flexibility index (Phi) is 4.93. The summed E-state index contributed by atoms with van der Waals surface area (Å²) in [6.45, 7) is 3.34. The van der Waals surface area contributed by atoms with Crippen LogP contribution >= 0.6 is 11.6 Å². The molecule has 0 aliphatic heterocycles. The van der Waals surface area contributed by atoms with Crippen LogP contribution in [0, 0.1) is 12.7 Å². The Morgan fingerprint density at radius 2 is 2.21 bits per heavy atom.